The molecule has 0 aliphatic carbocycles. The molecule has 1 aromatic rings. The summed E-state index contributed by atoms with van der Waals surface area (Å²) in [5.41, 5.74) is 0.211. The highest BCUT2D eigenvalue weighted by molar-refractivity contribution is 7.92. The molecule has 1 heterocycles. The summed E-state index contributed by atoms with van der Waals surface area (Å²) in [7, 11) is -7.55. The topological polar surface area (TPSA) is 92.7 Å². The molecular weight excluding hydrogens is 312 g/mol. The molecule has 0 spiro atoms. The summed E-state index contributed by atoms with van der Waals surface area (Å²) in [5, 5.41) is 1.89. The number of anilines is 1. The molecule has 104 valence electrons. The molecule has 2 rings (SSSR count). The van der Waals surface area contributed by atoms with Crippen LogP contribution >= 0.6 is 11.6 Å². The van der Waals surface area contributed by atoms with E-state index < -0.39 is 25.1 Å². The molecule has 0 saturated heterocycles. The summed E-state index contributed by atoms with van der Waals surface area (Å²) < 4.78 is 51.0. The predicted molar refractivity (Wildman–Crippen MR) is 73.1 cm³/mol. The van der Waals surface area contributed by atoms with Crippen LogP contribution in [0.5, 0.6) is 0 Å². The first-order chi connectivity index (χ1) is 8.66. The zero-order valence-electron chi connectivity index (χ0n) is 10.1. The van der Waals surface area contributed by atoms with Crippen molar-refractivity contribution in [1.82, 2.24) is 0 Å². The van der Waals surface area contributed by atoms with Crippen LogP contribution in [0.15, 0.2) is 26.3 Å². The van der Waals surface area contributed by atoms with Crippen LogP contribution in [-0.4, -0.2) is 28.4 Å². The number of benzene rings is 1. The lowest BCUT2D eigenvalue weighted by molar-refractivity contribution is 0.587. The van der Waals surface area contributed by atoms with Gasteiger partial charge in [0.05, 0.1) is 20.9 Å². The van der Waals surface area contributed by atoms with Gasteiger partial charge in [0.2, 0.25) is 0 Å². The van der Waals surface area contributed by atoms with Crippen LogP contribution in [0.25, 0.3) is 0 Å². The average Bonchev–Trinajstić information content (AvgIpc) is 2.27. The van der Waals surface area contributed by atoms with Crippen LogP contribution in [0.1, 0.15) is 13.8 Å². The van der Waals surface area contributed by atoms with Gasteiger partial charge in [0.15, 0.2) is 9.84 Å². The van der Waals surface area contributed by atoms with E-state index >= 15 is 0 Å². The van der Waals surface area contributed by atoms with Gasteiger partial charge in [-0.2, -0.15) is 8.42 Å². The first-order valence-corrected chi connectivity index (χ1v) is 8.65. The Bertz CT molecular complexity index is 767. The fourth-order valence-corrected chi connectivity index (χ4v) is 4.20. The highest BCUT2D eigenvalue weighted by Gasteiger charge is 2.28. The zero-order valence-corrected chi connectivity index (χ0v) is 12.5. The second-order valence-electron chi connectivity index (χ2n) is 4.23. The number of fused-ring (bicyclic) bond motifs is 1. The smallest absolute Gasteiger partial charge is 0.285 e. The Labute approximate surface area is 116 Å². The van der Waals surface area contributed by atoms with E-state index in [1.807, 2.05) is 0 Å². The number of nitrogens with one attached hydrogen (secondary N) is 1. The minimum atomic E-state index is -3.88. The maximum Gasteiger partial charge on any atom is 0.285 e. The second kappa shape index (κ2) is 4.46. The molecule has 0 amide bonds. The van der Waals surface area contributed by atoms with Crippen molar-refractivity contribution in [3.05, 3.63) is 17.2 Å². The van der Waals surface area contributed by atoms with E-state index in [-0.39, 0.29) is 20.5 Å². The van der Waals surface area contributed by atoms with Crippen LogP contribution in [-0.2, 0) is 19.9 Å². The van der Waals surface area contributed by atoms with Crippen LogP contribution in [0.4, 0.5) is 5.69 Å². The lowest BCUT2D eigenvalue weighted by Crippen LogP contribution is -2.17. The molecule has 19 heavy (non-hydrogen) atoms. The quantitative estimate of drug-likeness (QED) is 0.894. The standard InChI is InChI=1S/C10H11ClN2O4S2/c1-6(2)18(14,15)9-4-10-8(3-7(9)11)12-5-13-19(10,16)17/h3-6H,1-2H3,(H,12,13). The van der Waals surface area contributed by atoms with Crippen molar-refractivity contribution < 1.29 is 16.8 Å². The van der Waals surface area contributed by atoms with E-state index in [2.05, 4.69) is 9.71 Å². The van der Waals surface area contributed by atoms with Crippen LogP contribution in [0.3, 0.4) is 0 Å². The molecule has 0 unspecified atom stereocenters. The van der Waals surface area contributed by atoms with Gasteiger partial charge < -0.3 is 5.32 Å². The Morgan fingerprint density at radius 2 is 1.95 bits per heavy atom. The van der Waals surface area contributed by atoms with Gasteiger partial charge in [0.1, 0.15) is 11.2 Å². The number of halogens is 1. The number of hydrogen-bond acceptors (Lipinski definition) is 5. The number of hydrogen-bond donors (Lipinski definition) is 1. The Morgan fingerprint density at radius 1 is 1.32 bits per heavy atom. The molecule has 0 aromatic heterocycles. The van der Waals surface area contributed by atoms with Gasteiger partial charge in [-0.25, -0.2) is 8.42 Å². The van der Waals surface area contributed by atoms with Gasteiger partial charge in [0, 0.05) is 0 Å². The lowest BCUT2D eigenvalue weighted by Gasteiger charge is -2.16. The van der Waals surface area contributed by atoms with Gasteiger partial charge in [-0.15, -0.1) is 4.40 Å². The van der Waals surface area contributed by atoms with Crippen molar-refractivity contribution in [1.29, 1.82) is 0 Å². The van der Waals surface area contributed by atoms with Crippen LogP contribution in [0.2, 0.25) is 5.02 Å². The molecular formula is C10H11ClN2O4S2. The molecule has 1 aliphatic rings. The number of rotatable bonds is 2. The third-order valence-electron chi connectivity index (χ3n) is 2.65. The molecule has 1 N–H and O–H groups in total. The van der Waals surface area contributed by atoms with Gasteiger partial charge in [-0.05, 0) is 26.0 Å². The Balaban J connectivity index is 2.77. The van der Waals surface area contributed by atoms with Gasteiger partial charge >= 0.3 is 0 Å². The summed E-state index contributed by atoms with van der Waals surface area (Å²) in [6, 6.07) is 2.32. The normalized spacial score (nSPS) is 17.1. The van der Waals surface area contributed by atoms with Crippen molar-refractivity contribution >= 4 is 43.5 Å². The summed E-state index contributed by atoms with van der Waals surface area (Å²) in [5.74, 6) is 0. The van der Waals surface area contributed by atoms with E-state index in [0.717, 1.165) is 12.4 Å². The third kappa shape index (κ3) is 2.35. The number of nitrogens with zero attached hydrogens (tertiary/aromatic N) is 1. The molecule has 0 atom stereocenters. The Kier molecular flexibility index (Phi) is 3.36. The minimum Gasteiger partial charge on any atom is -0.344 e. The summed E-state index contributed by atoms with van der Waals surface area (Å²) in [6.07, 6.45) is 1.02. The lowest BCUT2D eigenvalue weighted by atomic mass is 10.3. The van der Waals surface area contributed by atoms with Crippen molar-refractivity contribution in [2.75, 3.05) is 5.32 Å². The molecule has 0 saturated carbocycles. The van der Waals surface area contributed by atoms with E-state index in [4.69, 9.17) is 11.6 Å². The fourth-order valence-electron chi connectivity index (χ4n) is 1.55. The van der Waals surface area contributed by atoms with Crippen molar-refractivity contribution in [3.63, 3.8) is 0 Å². The summed E-state index contributed by atoms with van der Waals surface area (Å²) >= 11 is 5.92. The van der Waals surface area contributed by atoms with Crippen LogP contribution in [0, 0.1) is 0 Å². The highest BCUT2D eigenvalue weighted by atomic mass is 35.5. The maximum absolute atomic E-state index is 12.1. The Hall–Kier alpha value is -1.12. The number of sulfone groups is 1. The van der Waals surface area contributed by atoms with Gasteiger partial charge in [-0.1, -0.05) is 11.6 Å². The van der Waals surface area contributed by atoms with Crippen molar-refractivity contribution in [2.24, 2.45) is 4.40 Å². The Morgan fingerprint density at radius 3 is 2.53 bits per heavy atom. The zero-order chi connectivity index (χ0) is 14.4. The molecule has 9 heteroatoms. The van der Waals surface area contributed by atoms with E-state index in [9.17, 15) is 16.8 Å². The van der Waals surface area contributed by atoms with Crippen molar-refractivity contribution in [3.8, 4) is 0 Å². The maximum atomic E-state index is 12.1. The second-order valence-corrected chi connectivity index (χ2v) is 8.71. The summed E-state index contributed by atoms with van der Waals surface area (Å²) in [6.45, 7) is 2.99. The first-order valence-electron chi connectivity index (χ1n) is 5.29. The van der Waals surface area contributed by atoms with Crippen molar-refractivity contribution in [2.45, 2.75) is 28.9 Å². The molecule has 1 aromatic carbocycles. The SMILES string of the molecule is CC(C)S(=O)(=O)c1cc2c(cc1Cl)NC=NS2(=O)=O. The third-order valence-corrected chi connectivity index (χ3v) is 6.54. The van der Waals surface area contributed by atoms with E-state index in [1.54, 1.807) is 0 Å². The molecule has 0 fully saturated rings. The largest absolute Gasteiger partial charge is 0.344 e. The number of sulfonamides is 1. The van der Waals surface area contributed by atoms with Crippen LogP contribution < -0.4 is 5.32 Å². The summed E-state index contributed by atoms with van der Waals surface area (Å²) in [4.78, 5) is -0.399. The predicted octanol–water partition coefficient (Wildman–Crippen LogP) is 1.66. The van der Waals surface area contributed by atoms with E-state index in [0.29, 0.717) is 0 Å². The van der Waals surface area contributed by atoms with Gasteiger partial charge in [-0.3, -0.25) is 0 Å². The van der Waals surface area contributed by atoms with E-state index in [1.165, 1.54) is 19.9 Å². The average molecular weight is 323 g/mol. The minimum absolute atomic E-state index is 0.0227. The molecule has 1 aliphatic heterocycles. The monoisotopic (exact) mass is 322 g/mol. The molecule has 6 nitrogen and oxygen atoms in total. The molecule has 0 radical (unpaired) electrons. The molecule has 0 bridgehead atoms. The first kappa shape index (κ1) is 14.3. The highest BCUT2D eigenvalue weighted by Crippen LogP contribution is 2.35. The van der Waals surface area contributed by atoms with Gasteiger partial charge in [0.25, 0.3) is 10.0 Å². The fraction of sp³-hybridized carbons (Fsp3) is 0.300.